The maximum absolute atomic E-state index is 13.3. The molecule has 0 saturated carbocycles. The molecule has 296 valence electrons. The average Bonchev–Trinajstić information content (AvgIpc) is 3.96. The Labute approximate surface area is 332 Å². The predicted octanol–water partition coefficient (Wildman–Crippen LogP) is 6.91. The summed E-state index contributed by atoms with van der Waals surface area (Å²) in [7, 11) is 2.47. The molecule has 0 unspecified atom stereocenters. The third-order valence-electron chi connectivity index (χ3n) is 9.36. The highest BCUT2D eigenvalue weighted by atomic mass is 16.6. The summed E-state index contributed by atoms with van der Waals surface area (Å²) in [6.07, 6.45) is 1.87. The first-order chi connectivity index (χ1) is 28.1. The number of alkyl carbamates (subject to hydrolysis) is 2. The summed E-state index contributed by atoms with van der Waals surface area (Å²) in [5.74, 6) is 2.16. The molecule has 58 heavy (non-hydrogen) atoms. The van der Waals surface area contributed by atoms with Gasteiger partial charge in [-0.3, -0.25) is 9.59 Å². The Kier molecular flexibility index (Phi) is 11.3. The monoisotopic (exact) mass is 784 g/mol. The van der Waals surface area contributed by atoms with Crippen molar-refractivity contribution in [3.63, 3.8) is 0 Å². The first-order valence-corrected chi connectivity index (χ1v) is 18.2. The van der Waals surface area contributed by atoms with Crippen LogP contribution in [0.1, 0.15) is 60.8 Å². The molecule has 0 spiro atoms. The van der Waals surface area contributed by atoms with Gasteiger partial charge < -0.3 is 50.2 Å². The molecule has 0 saturated heterocycles. The van der Waals surface area contributed by atoms with E-state index in [1.807, 2.05) is 36.4 Å². The van der Waals surface area contributed by atoms with Crippen molar-refractivity contribution in [3.05, 3.63) is 132 Å². The predicted molar refractivity (Wildman–Crippen MR) is 211 cm³/mol. The molecule has 0 bridgehead atoms. The Bertz CT molecular complexity index is 2260. The van der Waals surface area contributed by atoms with Gasteiger partial charge in [-0.2, -0.15) is 0 Å². The van der Waals surface area contributed by atoms with E-state index < -0.39 is 48.2 Å². The van der Waals surface area contributed by atoms with Crippen molar-refractivity contribution in [1.29, 1.82) is 0 Å². The summed E-state index contributed by atoms with van der Waals surface area (Å²) in [6.45, 7) is 3.57. The quantitative estimate of drug-likeness (QED) is 0.0754. The molecule has 0 fully saturated rings. The van der Waals surface area contributed by atoms with Crippen molar-refractivity contribution in [1.82, 2.24) is 41.2 Å². The van der Waals surface area contributed by atoms with Gasteiger partial charge in [0, 0.05) is 11.1 Å². The van der Waals surface area contributed by atoms with E-state index in [1.165, 1.54) is 14.2 Å². The number of H-pyrrole nitrogens is 2. The lowest BCUT2D eigenvalue weighted by Gasteiger charge is -2.21. The lowest BCUT2D eigenvalue weighted by molar-refractivity contribution is -0.124. The van der Waals surface area contributed by atoms with E-state index in [0.29, 0.717) is 57.2 Å². The number of hydrogen-bond donors (Lipinski definition) is 6. The molecule has 6 N–H and O–H groups in total. The van der Waals surface area contributed by atoms with Crippen molar-refractivity contribution in [3.8, 4) is 45.5 Å². The van der Waals surface area contributed by atoms with Gasteiger partial charge in [0.2, 0.25) is 11.8 Å². The average molecular weight is 785 g/mol. The molecule has 16 heteroatoms. The topological polar surface area (TPSA) is 211 Å². The zero-order valence-corrected chi connectivity index (χ0v) is 31.9. The largest absolute Gasteiger partial charge is 0.453 e. The Hall–Kier alpha value is -7.62. The maximum Gasteiger partial charge on any atom is 0.407 e. The number of carbonyl (C=O) groups excluding carboxylic acids is 4. The molecule has 1 aliphatic rings. The van der Waals surface area contributed by atoms with Crippen LogP contribution in [0, 0.1) is 0 Å². The lowest BCUT2D eigenvalue weighted by Crippen LogP contribution is -2.41. The summed E-state index contributed by atoms with van der Waals surface area (Å²) in [6, 6.07) is 25.7. The van der Waals surface area contributed by atoms with Crippen LogP contribution in [0.25, 0.3) is 22.5 Å². The molecule has 3 heterocycles. The summed E-state index contributed by atoms with van der Waals surface area (Å²) in [5.41, 5.74) is 4.12. The second kappa shape index (κ2) is 17.0. The fourth-order valence-electron chi connectivity index (χ4n) is 6.30. The van der Waals surface area contributed by atoms with E-state index in [0.717, 1.165) is 11.1 Å². The van der Waals surface area contributed by atoms with Crippen LogP contribution >= 0.6 is 0 Å². The first kappa shape index (κ1) is 38.6. The van der Waals surface area contributed by atoms with Crippen LogP contribution in [0.4, 0.5) is 9.59 Å². The number of hydrogen-bond acceptors (Lipinski definition) is 10. The third kappa shape index (κ3) is 8.60. The van der Waals surface area contributed by atoms with Crippen molar-refractivity contribution in [2.45, 2.75) is 38.0 Å². The van der Waals surface area contributed by atoms with E-state index >= 15 is 0 Å². The highest BCUT2D eigenvalue weighted by Gasteiger charge is 2.28. The van der Waals surface area contributed by atoms with Crippen LogP contribution < -0.4 is 30.7 Å². The van der Waals surface area contributed by atoms with Gasteiger partial charge in [-0.15, -0.1) is 0 Å². The highest BCUT2D eigenvalue weighted by Crippen LogP contribution is 2.47. The van der Waals surface area contributed by atoms with Crippen LogP contribution in [0.3, 0.4) is 0 Å². The highest BCUT2D eigenvalue weighted by molar-refractivity contribution is 5.88. The molecule has 4 atom stereocenters. The number of methoxy groups -OCH3 is 2. The number of carbonyl (C=O) groups is 4. The number of benzene rings is 4. The van der Waals surface area contributed by atoms with Gasteiger partial charge in [0.15, 0.2) is 23.0 Å². The standard InChI is InChI=1S/C42H40N8O8/c1-23(45-39(51)35(49-41(53)55-3)25-11-7-5-8-12-25)37-43-21-29(47-37)27-15-17-31-33(19-27)57-32-18-16-28(20-34(32)58-31)30-22-44-38(48-30)24(2)46-40(52)36(50-42(54)56-4)26-13-9-6-10-14-26/h5-24,35-36H,1-4H3,(H,43,47)(H,44,48)(H,45,51)(H,46,52)(H,49,53)(H,50,54)/t23-,24-,35+,36+/m0/s1. The number of nitrogens with zero attached hydrogens (tertiary/aromatic N) is 2. The van der Waals surface area contributed by atoms with Crippen molar-refractivity contribution < 1.29 is 38.1 Å². The maximum atomic E-state index is 13.3. The van der Waals surface area contributed by atoms with Gasteiger partial charge >= 0.3 is 12.2 Å². The number of amides is 4. The molecular weight excluding hydrogens is 745 g/mol. The van der Waals surface area contributed by atoms with Crippen LogP contribution in [-0.4, -0.2) is 58.2 Å². The fourth-order valence-corrected chi connectivity index (χ4v) is 6.30. The molecule has 1 aliphatic heterocycles. The smallest absolute Gasteiger partial charge is 0.407 e. The van der Waals surface area contributed by atoms with Gasteiger partial charge in [-0.25, -0.2) is 19.6 Å². The van der Waals surface area contributed by atoms with Crippen molar-refractivity contribution in [2.24, 2.45) is 0 Å². The number of ether oxygens (including phenoxy) is 4. The minimum absolute atomic E-state index is 0.432. The second-order valence-electron chi connectivity index (χ2n) is 13.3. The second-order valence-corrected chi connectivity index (χ2v) is 13.3. The van der Waals surface area contributed by atoms with Gasteiger partial charge in [0.1, 0.15) is 23.7 Å². The summed E-state index contributed by atoms with van der Waals surface area (Å²) < 4.78 is 22.0. The van der Waals surface area contributed by atoms with Crippen LogP contribution in [0.5, 0.6) is 23.0 Å². The van der Waals surface area contributed by atoms with Crippen LogP contribution in [-0.2, 0) is 19.1 Å². The van der Waals surface area contributed by atoms with E-state index in [9.17, 15) is 19.2 Å². The summed E-state index contributed by atoms with van der Waals surface area (Å²) in [4.78, 5) is 66.1. The van der Waals surface area contributed by atoms with Crippen molar-refractivity contribution >= 4 is 24.0 Å². The van der Waals surface area contributed by atoms with Crippen LogP contribution in [0.15, 0.2) is 109 Å². The minimum Gasteiger partial charge on any atom is -0.453 e. The van der Waals surface area contributed by atoms with E-state index in [-0.39, 0.29) is 0 Å². The van der Waals surface area contributed by atoms with E-state index in [2.05, 4.69) is 41.2 Å². The lowest BCUT2D eigenvalue weighted by atomic mass is 10.1. The molecule has 0 radical (unpaired) electrons. The Morgan fingerprint density at radius 2 is 0.948 bits per heavy atom. The number of aromatic nitrogens is 4. The third-order valence-corrected chi connectivity index (χ3v) is 9.36. The molecule has 4 amide bonds. The molecular formula is C42H40N8O8. The van der Waals surface area contributed by atoms with Crippen LogP contribution in [0.2, 0.25) is 0 Å². The number of fused-ring (bicyclic) bond motifs is 2. The zero-order valence-electron chi connectivity index (χ0n) is 31.9. The zero-order chi connectivity index (χ0) is 40.8. The fraction of sp³-hybridized carbons (Fsp3) is 0.190. The Balaban J connectivity index is 0.997. The van der Waals surface area contributed by atoms with E-state index in [1.54, 1.807) is 86.9 Å². The summed E-state index contributed by atoms with van der Waals surface area (Å²) >= 11 is 0. The number of aromatic amines is 2. The molecule has 0 aliphatic carbocycles. The summed E-state index contributed by atoms with van der Waals surface area (Å²) in [5, 5.41) is 11.0. The van der Waals surface area contributed by atoms with Gasteiger partial charge in [0.25, 0.3) is 0 Å². The van der Waals surface area contributed by atoms with Crippen molar-refractivity contribution in [2.75, 3.05) is 14.2 Å². The first-order valence-electron chi connectivity index (χ1n) is 18.2. The van der Waals surface area contributed by atoms with E-state index in [4.69, 9.17) is 18.9 Å². The SMILES string of the molecule is COC(=O)N[C@@H](C(=O)N[C@@H](C)c1ncc(-c2ccc3c(c2)Oc2ccc(-c4cnc([C@H](C)NC(=O)[C@H](NC(=O)OC)c5ccccc5)[nH]4)cc2O3)[nH]1)c1ccccc1. The number of imidazole rings is 2. The molecule has 16 nitrogen and oxygen atoms in total. The molecule has 2 aromatic heterocycles. The van der Waals surface area contributed by atoms with Gasteiger partial charge in [-0.05, 0) is 61.4 Å². The number of rotatable bonds is 12. The van der Waals surface area contributed by atoms with Gasteiger partial charge in [0.05, 0.1) is 50.1 Å². The minimum atomic E-state index is -0.972. The Morgan fingerprint density at radius 3 is 1.33 bits per heavy atom. The normalized spacial score (nSPS) is 13.4. The molecule has 7 rings (SSSR count). The Morgan fingerprint density at radius 1 is 0.552 bits per heavy atom. The van der Waals surface area contributed by atoms with Gasteiger partial charge in [-0.1, -0.05) is 60.7 Å². The number of nitrogens with one attached hydrogen (secondary N) is 6. The molecule has 4 aromatic carbocycles. The molecule has 6 aromatic rings.